The first-order valence-electron chi connectivity index (χ1n) is 12.6. The fraction of sp³-hybridized carbons (Fsp3) is 0.125. The van der Waals surface area contributed by atoms with Crippen LogP contribution in [0.2, 0.25) is 5.02 Å². The minimum Gasteiger partial charge on any atom is -0.489 e. The molecule has 0 amide bonds. The molecule has 2 unspecified atom stereocenters. The lowest BCUT2D eigenvalue weighted by atomic mass is 9.83. The molecule has 7 nitrogen and oxygen atoms in total. The number of halogens is 2. The van der Waals surface area contributed by atoms with Crippen molar-refractivity contribution in [1.29, 1.82) is 5.26 Å². The summed E-state index contributed by atoms with van der Waals surface area (Å²) >= 11 is 6.22. The van der Waals surface area contributed by atoms with E-state index < -0.39 is 23.8 Å². The second kappa shape index (κ2) is 12.0. The number of benzene rings is 4. The van der Waals surface area contributed by atoms with E-state index in [0.29, 0.717) is 28.7 Å². The van der Waals surface area contributed by atoms with Crippen molar-refractivity contribution in [1.82, 2.24) is 0 Å². The van der Waals surface area contributed by atoms with Gasteiger partial charge >= 0.3 is 5.97 Å². The first-order valence-corrected chi connectivity index (χ1v) is 13.0. The molecule has 1 aliphatic heterocycles. The number of para-hydroxylation sites is 1. The Morgan fingerprint density at radius 3 is 2.49 bits per heavy atom. The molecule has 4 aromatic carbocycles. The van der Waals surface area contributed by atoms with Crippen molar-refractivity contribution in [2.75, 3.05) is 0 Å². The molecule has 0 saturated heterocycles. The Labute approximate surface area is 241 Å². The molecule has 1 heterocycles. The molecule has 2 atom stereocenters. The van der Waals surface area contributed by atoms with E-state index in [9.17, 15) is 14.4 Å². The van der Waals surface area contributed by atoms with Gasteiger partial charge in [0.05, 0.1) is 5.92 Å². The lowest BCUT2D eigenvalue weighted by Crippen LogP contribution is -2.29. The molecule has 2 N–H and O–H groups in total. The average molecular weight is 571 g/mol. The van der Waals surface area contributed by atoms with Gasteiger partial charge in [0.1, 0.15) is 35.5 Å². The zero-order valence-electron chi connectivity index (χ0n) is 21.8. The molecule has 0 saturated carbocycles. The average Bonchev–Trinajstić information content (AvgIpc) is 2.97. The van der Waals surface area contributed by atoms with Gasteiger partial charge in [-0.1, -0.05) is 60.1 Å². The Morgan fingerprint density at radius 2 is 1.76 bits per heavy atom. The number of allylic oxidation sites excluding steroid dienone is 1. The van der Waals surface area contributed by atoms with Crippen LogP contribution in [0.4, 0.5) is 4.39 Å². The molecule has 0 fully saturated rings. The normalized spacial score (nSPS) is 14.7. The molecule has 0 spiro atoms. The van der Waals surface area contributed by atoms with Crippen LogP contribution in [-0.4, -0.2) is 12.1 Å². The largest absolute Gasteiger partial charge is 0.489 e. The highest BCUT2D eigenvalue weighted by Crippen LogP contribution is 2.43. The third-order valence-corrected chi connectivity index (χ3v) is 6.82. The van der Waals surface area contributed by atoms with Crippen molar-refractivity contribution in [3.05, 3.63) is 130 Å². The highest BCUT2D eigenvalue weighted by atomic mass is 35.5. The number of ether oxygens (including phenoxy) is 4. The third kappa shape index (κ3) is 6.11. The molecular formula is C32H24ClFN2O5. The predicted octanol–water partition coefficient (Wildman–Crippen LogP) is 6.65. The summed E-state index contributed by atoms with van der Waals surface area (Å²) in [6, 6.07) is 27.5. The summed E-state index contributed by atoms with van der Waals surface area (Å²) in [7, 11) is 0. The monoisotopic (exact) mass is 570 g/mol. The summed E-state index contributed by atoms with van der Waals surface area (Å²) in [5.74, 6) is -0.809. The predicted molar refractivity (Wildman–Crippen MR) is 150 cm³/mol. The fourth-order valence-electron chi connectivity index (χ4n) is 4.35. The maximum absolute atomic E-state index is 13.9. The number of nitrogens with zero attached hydrogens (tertiary/aromatic N) is 1. The number of nitriles is 1. The van der Waals surface area contributed by atoms with Gasteiger partial charge < -0.3 is 24.7 Å². The molecule has 206 valence electrons. The summed E-state index contributed by atoms with van der Waals surface area (Å²) in [6.07, 6.45) is -1.08. The molecule has 0 bridgehead atoms. The Kier molecular flexibility index (Phi) is 8.09. The van der Waals surface area contributed by atoms with Crippen LogP contribution in [0.3, 0.4) is 0 Å². The number of carbonyl (C=O) groups excluding carboxylic acids is 1. The van der Waals surface area contributed by atoms with Crippen LogP contribution in [0.5, 0.6) is 23.0 Å². The van der Waals surface area contributed by atoms with Gasteiger partial charge in [0.25, 0.3) is 0 Å². The minimum absolute atomic E-state index is 0.0521. The minimum atomic E-state index is -1.08. The molecule has 0 aliphatic carbocycles. The lowest BCUT2D eigenvalue weighted by Gasteiger charge is -2.27. The van der Waals surface area contributed by atoms with Crippen LogP contribution in [0.1, 0.15) is 29.5 Å². The topological polar surface area (TPSA) is 104 Å². The van der Waals surface area contributed by atoms with Crippen molar-refractivity contribution in [3.8, 4) is 29.1 Å². The van der Waals surface area contributed by atoms with Gasteiger partial charge in [0.2, 0.25) is 5.88 Å². The molecule has 1 aliphatic rings. The molecular weight excluding hydrogens is 547 g/mol. The van der Waals surface area contributed by atoms with Crippen molar-refractivity contribution in [2.24, 2.45) is 5.73 Å². The van der Waals surface area contributed by atoms with Crippen LogP contribution in [0.15, 0.2) is 102 Å². The lowest BCUT2D eigenvalue weighted by molar-refractivity contribution is -0.141. The summed E-state index contributed by atoms with van der Waals surface area (Å²) in [4.78, 5) is 12.6. The first kappa shape index (κ1) is 27.6. The van der Waals surface area contributed by atoms with E-state index in [0.717, 1.165) is 11.1 Å². The first-order chi connectivity index (χ1) is 19.8. The van der Waals surface area contributed by atoms with Crippen LogP contribution in [0, 0.1) is 17.1 Å². The quantitative estimate of drug-likeness (QED) is 0.187. The van der Waals surface area contributed by atoms with Gasteiger partial charge in [-0.15, -0.1) is 0 Å². The standard InChI is InChI=1S/C32H24ClFN2O5/c1-19(39-28-9-5-4-8-27(28)34)32(37)40-23-14-15-24-29(16-23)41-31(36)25(17-35)30(24)20-10-12-22(13-11-20)38-18-21-6-2-3-7-26(21)33/h2-16,19,30H,18,36H2,1H3. The number of hydrogen-bond acceptors (Lipinski definition) is 7. The van der Waals surface area contributed by atoms with Gasteiger partial charge in [-0.3, -0.25) is 0 Å². The van der Waals surface area contributed by atoms with Crippen LogP contribution < -0.4 is 24.7 Å². The second-order valence-electron chi connectivity index (χ2n) is 9.19. The van der Waals surface area contributed by atoms with E-state index >= 15 is 0 Å². The Morgan fingerprint density at radius 1 is 1.05 bits per heavy atom. The third-order valence-electron chi connectivity index (χ3n) is 6.45. The Balaban J connectivity index is 1.33. The van der Waals surface area contributed by atoms with Crippen LogP contribution in [0.25, 0.3) is 0 Å². The number of nitrogens with two attached hydrogens (primary N) is 1. The molecule has 0 aromatic heterocycles. The van der Waals surface area contributed by atoms with E-state index in [1.54, 1.807) is 36.4 Å². The number of hydrogen-bond donors (Lipinski definition) is 1. The Bertz CT molecular complexity index is 1670. The van der Waals surface area contributed by atoms with Crippen LogP contribution >= 0.6 is 11.6 Å². The zero-order chi connectivity index (χ0) is 28.9. The smallest absolute Gasteiger partial charge is 0.352 e. The van der Waals surface area contributed by atoms with E-state index in [4.69, 9.17) is 36.3 Å². The molecule has 41 heavy (non-hydrogen) atoms. The van der Waals surface area contributed by atoms with Gasteiger partial charge in [-0.05, 0) is 48.9 Å². The van der Waals surface area contributed by atoms with Crippen molar-refractivity contribution < 1.29 is 28.1 Å². The summed E-state index contributed by atoms with van der Waals surface area (Å²) in [5.41, 5.74) is 8.69. The number of rotatable bonds is 8. The van der Waals surface area contributed by atoms with Gasteiger partial charge in [0.15, 0.2) is 17.7 Å². The van der Waals surface area contributed by atoms with E-state index in [1.807, 2.05) is 30.3 Å². The van der Waals surface area contributed by atoms with E-state index in [-0.39, 0.29) is 23.0 Å². The van der Waals surface area contributed by atoms with Gasteiger partial charge in [-0.2, -0.15) is 5.26 Å². The number of esters is 1. The van der Waals surface area contributed by atoms with Crippen molar-refractivity contribution in [3.63, 3.8) is 0 Å². The van der Waals surface area contributed by atoms with E-state index in [1.165, 1.54) is 31.2 Å². The van der Waals surface area contributed by atoms with E-state index in [2.05, 4.69) is 6.07 Å². The SMILES string of the molecule is CC(Oc1ccccc1F)C(=O)Oc1ccc2c(c1)OC(N)=C(C#N)C2c1ccc(OCc2ccccc2Cl)cc1. The zero-order valence-corrected chi connectivity index (χ0v) is 22.6. The summed E-state index contributed by atoms with van der Waals surface area (Å²) < 4.78 is 36.4. The highest BCUT2D eigenvalue weighted by molar-refractivity contribution is 6.31. The molecule has 4 aromatic rings. The highest BCUT2D eigenvalue weighted by Gasteiger charge is 2.31. The Hall–Kier alpha value is -5.00. The number of carbonyl (C=O) groups is 1. The van der Waals surface area contributed by atoms with Crippen molar-refractivity contribution in [2.45, 2.75) is 25.6 Å². The van der Waals surface area contributed by atoms with Gasteiger partial charge in [-0.25, -0.2) is 9.18 Å². The summed E-state index contributed by atoms with van der Waals surface area (Å²) in [5, 5.41) is 10.5. The van der Waals surface area contributed by atoms with Crippen LogP contribution in [-0.2, 0) is 11.4 Å². The maximum atomic E-state index is 13.9. The second-order valence-corrected chi connectivity index (χ2v) is 9.59. The fourth-order valence-corrected chi connectivity index (χ4v) is 4.54. The maximum Gasteiger partial charge on any atom is 0.352 e. The van der Waals surface area contributed by atoms with Gasteiger partial charge in [0, 0.05) is 22.2 Å². The molecule has 5 rings (SSSR count). The summed E-state index contributed by atoms with van der Waals surface area (Å²) in [6.45, 7) is 1.77. The molecule has 0 radical (unpaired) electrons. The number of fused-ring (bicyclic) bond motifs is 1. The van der Waals surface area contributed by atoms with Crippen molar-refractivity contribution >= 4 is 17.6 Å². The molecule has 9 heteroatoms.